The third kappa shape index (κ3) is 2.05. The molecule has 0 fully saturated rings. The first kappa shape index (κ1) is 10.6. The summed E-state index contributed by atoms with van der Waals surface area (Å²) in [5.41, 5.74) is 6.86. The SMILES string of the molecule is CCC(N)c1ncc(C)cc1[N+](=O)[O-]. The number of aromatic nitrogens is 1. The Hall–Kier alpha value is -1.49. The van der Waals surface area contributed by atoms with Crippen molar-refractivity contribution in [3.05, 3.63) is 33.6 Å². The van der Waals surface area contributed by atoms with Crippen LogP contribution in [0.3, 0.4) is 0 Å². The van der Waals surface area contributed by atoms with Crippen molar-refractivity contribution in [2.24, 2.45) is 5.73 Å². The maximum absolute atomic E-state index is 10.7. The van der Waals surface area contributed by atoms with Crippen LogP contribution >= 0.6 is 0 Å². The smallest absolute Gasteiger partial charge is 0.292 e. The highest BCUT2D eigenvalue weighted by molar-refractivity contribution is 5.39. The Balaban J connectivity index is 3.21. The average Bonchev–Trinajstić information content (AvgIpc) is 2.16. The summed E-state index contributed by atoms with van der Waals surface area (Å²) in [6, 6.07) is 1.13. The van der Waals surface area contributed by atoms with E-state index < -0.39 is 4.92 Å². The maximum Gasteiger partial charge on any atom is 0.292 e. The van der Waals surface area contributed by atoms with Crippen molar-refractivity contribution in [1.82, 2.24) is 4.98 Å². The van der Waals surface area contributed by atoms with Crippen molar-refractivity contribution in [1.29, 1.82) is 0 Å². The maximum atomic E-state index is 10.7. The van der Waals surface area contributed by atoms with E-state index in [1.54, 1.807) is 13.1 Å². The topological polar surface area (TPSA) is 82.0 Å². The van der Waals surface area contributed by atoms with Gasteiger partial charge in [0.25, 0.3) is 5.69 Å². The lowest BCUT2D eigenvalue weighted by Crippen LogP contribution is -2.13. The lowest BCUT2D eigenvalue weighted by Gasteiger charge is -2.08. The van der Waals surface area contributed by atoms with E-state index >= 15 is 0 Å². The predicted molar refractivity (Wildman–Crippen MR) is 52.8 cm³/mol. The normalized spacial score (nSPS) is 12.5. The first-order chi connectivity index (χ1) is 6.56. The average molecular weight is 195 g/mol. The van der Waals surface area contributed by atoms with Gasteiger partial charge in [0, 0.05) is 12.3 Å². The molecule has 1 unspecified atom stereocenters. The molecule has 14 heavy (non-hydrogen) atoms. The Morgan fingerprint density at radius 2 is 2.36 bits per heavy atom. The Morgan fingerprint density at radius 1 is 1.71 bits per heavy atom. The van der Waals surface area contributed by atoms with E-state index in [9.17, 15) is 10.1 Å². The first-order valence-electron chi connectivity index (χ1n) is 4.42. The van der Waals surface area contributed by atoms with E-state index in [2.05, 4.69) is 4.98 Å². The number of nitrogens with two attached hydrogens (primary N) is 1. The molecule has 0 spiro atoms. The van der Waals surface area contributed by atoms with Crippen LogP contribution in [0, 0.1) is 17.0 Å². The highest BCUT2D eigenvalue weighted by Crippen LogP contribution is 2.23. The summed E-state index contributed by atoms with van der Waals surface area (Å²) in [5.74, 6) is 0. The van der Waals surface area contributed by atoms with E-state index in [1.165, 1.54) is 6.07 Å². The number of nitrogens with zero attached hydrogens (tertiary/aromatic N) is 2. The molecule has 2 N–H and O–H groups in total. The lowest BCUT2D eigenvalue weighted by molar-refractivity contribution is -0.386. The van der Waals surface area contributed by atoms with Gasteiger partial charge in [-0.3, -0.25) is 15.1 Å². The second-order valence-electron chi connectivity index (χ2n) is 3.19. The van der Waals surface area contributed by atoms with E-state index in [0.29, 0.717) is 12.1 Å². The van der Waals surface area contributed by atoms with Gasteiger partial charge in [-0.2, -0.15) is 0 Å². The minimum absolute atomic E-state index is 0.0133. The molecule has 0 amide bonds. The fourth-order valence-electron chi connectivity index (χ4n) is 1.19. The van der Waals surface area contributed by atoms with Crippen LogP contribution in [0.5, 0.6) is 0 Å². The third-order valence-electron chi connectivity index (χ3n) is 2.02. The van der Waals surface area contributed by atoms with E-state index in [0.717, 1.165) is 5.56 Å². The van der Waals surface area contributed by atoms with E-state index in [4.69, 9.17) is 5.73 Å². The molecule has 5 heteroatoms. The van der Waals surface area contributed by atoms with Crippen LogP contribution < -0.4 is 5.73 Å². The van der Waals surface area contributed by atoms with Gasteiger partial charge in [-0.25, -0.2) is 0 Å². The lowest BCUT2D eigenvalue weighted by atomic mass is 10.1. The zero-order chi connectivity index (χ0) is 10.7. The number of rotatable bonds is 3. The number of pyridine rings is 1. The monoisotopic (exact) mass is 195 g/mol. The van der Waals surface area contributed by atoms with E-state index in [1.807, 2.05) is 6.92 Å². The molecule has 1 rings (SSSR count). The number of nitro groups is 1. The summed E-state index contributed by atoms with van der Waals surface area (Å²) in [7, 11) is 0. The van der Waals surface area contributed by atoms with Crippen LogP contribution in [0.2, 0.25) is 0 Å². The van der Waals surface area contributed by atoms with Crippen LogP contribution in [0.1, 0.15) is 30.6 Å². The summed E-state index contributed by atoms with van der Waals surface area (Å²) in [6.07, 6.45) is 2.23. The second kappa shape index (κ2) is 4.15. The molecule has 0 saturated carbocycles. The largest absolute Gasteiger partial charge is 0.322 e. The molecule has 1 atom stereocenters. The summed E-state index contributed by atoms with van der Waals surface area (Å²) in [6.45, 7) is 3.64. The molecule has 0 aliphatic heterocycles. The van der Waals surface area contributed by atoms with Gasteiger partial charge >= 0.3 is 0 Å². The zero-order valence-corrected chi connectivity index (χ0v) is 8.23. The summed E-state index contributed by atoms with van der Waals surface area (Å²) in [4.78, 5) is 14.3. The van der Waals surface area contributed by atoms with Crippen molar-refractivity contribution in [3.63, 3.8) is 0 Å². The first-order valence-corrected chi connectivity index (χ1v) is 4.42. The molecule has 0 radical (unpaired) electrons. The minimum Gasteiger partial charge on any atom is -0.322 e. The van der Waals surface area contributed by atoms with Gasteiger partial charge in [-0.1, -0.05) is 6.92 Å². The number of hydrogen-bond donors (Lipinski definition) is 1. The molecule has 0 aliphatic rings. The van der Waals surface area contributed by atoms with Crippen molar-refractivity contribution in [2.45, 2.75) is 26.3 Å². The Kier molecular flexibility index (Phi) is 3.14. The summed E-state index contributed by atoms with van der Waals surface area (Å²) in [5, 5.41) is 10.7. The molecule has 1 aromatic heterocycles. The quantitative estimate of drug-likeness (QED) is 0.588. The molecule has 0 aliphatic carbocycles. The van der Waals surface area contributed by atoms with Crippen molar-refractivity contribution < 1.29 is 4.92 Å². The second-order valence-corrected chi connectivity index (χ2v) is 3.19. The van der Waals surface area contributed by atoms with Crippen molar-refractivity contribution in [3.8, 4) is 0 Å². The van der Waals surface area contributed by atoms with Gasteiger partial charge in [-0.05, 0) is 18.9 Å². The highest BCUT2D eigenvalue weighted by atomic mass is 16.6. The third-order valence-corrected chi connectivity index (χ3v) is 2.02. The van der Waals surface area contributed by atoms with Gasteiger partial charge in [0.1, 0.15) is 5.69 Å². The molecule has 1 heterocycles. The molecule has 0 saturated heterocycles. The standard InChI is InChI=1S/C9H13N3O2/c1-3-7(10)9-8(12(13)14)4-6(2)5-11-9/h4-5,7H,3,10H2,1-2H3. The number of hydrogen-bond acceptors (Lipinski definition) is 4. The fraction of sp³-hybridized carbons (Fsp3) is 0.444. The summed E-state index contributed by atoms with van der Waals surface area (Å²) >= 11 is 0. The van der Waals surface area contributed by atoms with Gasteiger partial charge < -0.3 is 5.73 Å². The highest BCUT2D eigenvalue weighted by Gasteiger charge is 2.19. The Labute approximate surface area is 82.1 Å². The molecular weight excluding hydrogens is 182 g/mol. The zero-order valence-electron chi connectivity index (χ0n) is 8.23. The van der Waals surface area contributed by atoms with Crippen molar-refractivity contribution in [2.75, 3.05) is 0 Å². The molecular formula is C9H13N3O2. The Bertz CT molecular complexity index is 352. The molecule has 1 aromatic rings. The molecule has 0 bridgehead atoms. The summed E-state index contributed by atoms with van der Waals surface area (Å²) < 4.78 is 0. The van der Waals surface area contributed by atoms with Crippen LogP contribution in [0.15, 0.2) is 12.3 Å². The van der Waals surface area contributed by atoms with Crippen LogP contribution in [-0.4, -0.2) is 9.91 Å². The van der Waals surface area contributed by atoms with Crippen LogP contribution in [0.4, 0.5) is 5.69 Å². The van der Waals surface area contributed by atoms with Crippen molar-refractivity contribution >= 4 is 5.69 Å². The molecule has 0 aromatic carbocycles. The fourth-order valence-corrected chi connectivity index (χ4v) is 1.19. The molecule has 76 valence electrons. The minimum atomic E-state index is -0.440. The van der Waals surface area contributed by atoms with Gasteiger partial charge in [0.05, 0.1) is 11.0 Å². The van der Waals surface area contributed by atoms with E-state index in [-0.39, 0.29) is 11.7 Å². The predicted octanol–water partition coefficient (Wildman–Crippen LogP) is 1.71. The number of aryl methyl sites for hydroxylation is 1. The Morgan fingerprint density at radius 3 is 2.86 bits per heavy atom. The van der Waals surface area contributed by atoms with Gasteiger partial charge in [0.15, 0.2) is 0 Å². The molecule has 5 nitrogen and oxygen atoms in total. The van der Waals surface area contributed by atoms with Crippen LogP contribution in [-0.2, 0) is 0 Å². The van der Waals surface area contributed by atoms with Crippen LogP contribution in [0.25, 0.3) is 0 Å². The van der Waals surface area contributed by atoms with Gasteiger partial charge in [0.2, 0.25) is 0 Å². The van der Waals surface area contributed by atoms with Gasteiger partial charge in [-0.15, -0.1) is 0 Å².